The van der Waals surface area contributed by atoms with Gasteiger partial charge in [-0.3, -0.25) is 0 Å². The lowest BCUT2D eigenvalue weighted by Crippen LogP contribution is -1.92. The number of benzene rings is 29. The van der Waals surface area contributed by atoms with E-state index < -0.39 is 836 Å². The summed E-state index contributed by atoms with van der Waals surface area (Å²) in [6, 6.07) is -79.8. The maximum absolute atomic E-state index is 10.1. The van der Waals surface area contributed by atoms with Crippen LogP contribution in [0.3, 0.4) is 0 Å². The van der Waals surface area contributed by atoms with E-state index in [1.807, 2.05) is 0 Å². The van der Waals surface area contributed by atoms with Gasteiger partial charge in [0.05, 0.1) is 118 Å². The third kappa shape index (κ3) is 13.4. The summed E-state index contributed by atoms with van der Waals surface area (Å²) in [4.78, 5) is 0. The SMILES string of the molecule is [2H]c1c([2H])c(-c2c([2H])c([2H])c3c(c2[2H])c([2H])c([2H])c2c([2H])c([2H])c([2H])c([2H])c23)c([2H])c(-c2c3c([2H])c([2H])c([2H])c([2H])c3c(-c3c([2H])c([2H])c([2H])c4oc5c([2H])c6c([2H])c([2H])c([2H])c([2H])c6c([2H])c5c34)c3c([2H])c([2H])c([2H])c([2H])c23)c1[2H].[2H]c1c([2H])c(-c2c3c([2H])c([2H])c([2H])c([2H])c3c(-c3c([2H])c([2H])c([2H])c4c([2H])c([2H])c5c([2H])c([2H])c([2H])c([2H])c5c34)c3c([2H])c([2H])c([2H])c([2H])c23)c2c(oc3c([2H])c4c([2H])c([2H])c([2H])c([2H])c4c([2H])c32)c1[2H].[2H]c1c([2H])c(-c2c3c([2H])c([2H])c([2H])c([2H])c3c(-c3c([2H])c([2H])c([2H])c4oc5c([2H])c6c([2H])c([2H])c([2H])c([2H])c6c([2H])c5c34)c3c([2H])c([2H])c([2H])c([2H])c23)c([2H])c(-c2c([2H])c([2H])c([2H])c3c2c([2H])c([2H])c2c([2H])c([2H])c([2H])c([2H])c23)c1[2H]. The summed E-state index contributed by atoms with van der Waals surface area (Å²) in [5.74, 6) is 0. The van der Waals surface area contributed by atoms with Crippen LogP contribution in [0.15, 0.2) is 533 Å². The molecule has 147 heavy (non-hydrogen) atoms. The van der Waals surface area contributed by atoms with Crippen molar-refractivity contribution in [1.82, 2.24) is 0 Å². The van der Waals surface area contributed by atoms with Crippen LogP contribution >= 0.6 is 0 Å². The highest BCUT2D eigenvalue weighted by Gasteiger charge is 2.28. The van der Waals surface area contributed by atoms with Gasteiger partial charge < -0.3 is 13.3 Å². The number of furan rings is 3. The highest BCUT2D eigenvalue weighted by molar-refractivity contribution is 6.33. The standard InChI is InChI=1S/2C50H30O.C44H26O/c1-2-14-33-30-47-45(29-32(33)13-1)50-44(24-11-25-46(50)51-47)49-42-20-7-5-18-40(42)48(41-19-6-8-21-43(41)49)35-16-9-15-34(28-35)37-22-10-23-38-36-17-4-3-12-31(36)26-27-39(37)38;1-2-13-34-30-47-45(29-33(34)12-1)50-44(21-10-22-46(50)51-47)49-42-19-7-5-17-40(42)48(41-18-6-8-20-43(41)49)37-15-9-14-32(28-37)35-25-26-39-36(27-35)24-23-31-11-3-4-16-38(31)39;1-2-13-30-26-40-38(25-29(30)12-1)44-37(21-10-22-39(44)45-40)43-34-18-7-5-16-32(34)42(33-17-6-8-19-35(33)43)36-20-9-14-28-24-23-27-11-3-4-15-31(27)41(28)36/h2*1-30H;1-26H/i2*1D,2D,3D,4D,5D,6D,7D,8D,9D,10D,11D,12D,13D,14D,15D,16D,17D,18D,19D,20D,21D,22D,23D,24D,25D,26D,27D,28D,29D,30D;1D,2D,3D,4D,5D,6D,7D,8D,9D,10D,11D,12D,13D,14D,15D,16D,17D,18D,19D,20D,21D,22D,23D,24D,25D,26D. The average Bonchev–Trinajstić information content (AvgIpc) is 1.63. The summed E-state index contributed by atoms with van der Waals surface area (Å²) in [6.07, 6.45) is 0. The van der Waals surface area contributed by atoms with E-state index in [1.165, 1.54) is 0 Å². The van der Waals surface area contributed by atoms with Gasteiger partial charge in [-0.1, -0.05) is 447 Å². The van der Waals surface area contributed by atoms with Gasteiger partial charge in [-0.05, 0) is 323 Å². The first kappa shape index (κ1) is 34.8. The van der Waals surface area contributed by atoms with Gasteiger partial charge in [0.2, 0.25) is 0 Å². The Morgan fingerprint density at radius 2 is 0.354 bits per heavy atom. The molecule has 0 unspecified atom stereocenters. The molecule has 680 valence electrons. The Morgan fingerprint density at radius 1 is 0.109 bits per heavy atom. The average molecular weight is 1950 g/mol. The van der Waals surface area contributed by atoms with Crippen LogP contribution in [0.2, 0.25) is 0 Å². The molecule has 0 atom stereocenters. The maximum atomic E-state index is 10.1. The van der Waals surface area contributed by atoms with Gasteiger partial charge in [0.1, 0.15) is 33.5 Å². The largest absolute Gasteiger partial charge is 0.456 e. The molecule has 0 aliphatic carbocycles. The molecular formula is C144H86O3. The Kier molecular flexibility index (Phi) is 7.98. The lowest BCUT2D eigenvalue weighted by atomic mass is 9.83. The lowest BCUT2D eigenvalue weighted by Gasteiger charge is -2.19. The Labute approximate surface area is 966 Å². The molecule has 0 aliphatic rings. The van der Waals surface area contributed by atoms with Crippen LogP contribution in [0.4, 0.5) is 0 Å². The first-order chi connectivity index (χ1) is 109. The molecule has 29 aromatic carbocycles. The van der Waals surface area contributed by atoms with Crippen LogP contribution in [-0.2, 0) is 0 Å². The molecule has 0 N–H and O–H groups in total. The monoisotopic (exact) mass is 1950 g/mol. The van der Waals surface area contributed by atoms with Crippen LogP contribution in [-0.4, -0.2) is 0 Å². The van der Waals surface area contributed by atoms with Crippen molar-refractivity contribution in [2.75, 3.05) is 0 Å². The maximum Gasteiger partial charge on any atom is 0.136 e. The number of fused-ring (bicyclic) bond motifs is 27. The van der Waals surface area contributed by atoms with Gasteiger partial charge in [0.15, 0.2) is 0 Å². The van der Waals surface area contributed by atoms with E-state index in [4.69, 9.17) is 83.2 Å². The number of hydrogen-bond donors (Lipinski definition) is 0. The molecule has 0 aliphatic heterocycles. The molecule has 0 fully saturated rings. The topological polar surface area (TPSA) is 39.4 Å². The summed E-state index contributed by atoms with van der Waals surface area (Å²) >= 11 is 0. The zero-order valence-electron chi connectivity index (χ0n) is 159. The van der Waals surface area contributed by atoms with Crippen molar-refractivity contribution in [2.24, 2.45) is 0 Å². The van der Waals surface area contributed by atoms with Crippen molar-refractivity contribution >= 4 is 227 Å². The summed E-state index contributed by atoms with van der Waals surface area (Å²) < 4.78 is 800. The molecule has 3 heterocycles. The molecule has 0 spiro atoms. The molecule has 0 saturated heterocycles. The Hall–Kier alpha value is -19.3. The summed E-state index contributed by atoms with van der Waals surface area (Å²) in [5.41, 5.74) is -16.6. The van der Waals surface area contributed by atoms with Gasteiger partial charge in [-0.15, -0.1) is 0 Å². The van der Waals surface area contributed by atoms with E-state index in [0.29, 0.717) is 0 Å². The second-order valence-corrected chi connectivity index (χ2v) is 32.5. The predicted octanol–water partition coefficient (Wildman–Crippen LogP) is 41.4. The lowest BCUT2D eigenvalue weighted by molar-refractivity contribution is 0.669. The smallest absolute Gasteiger partial charge is 0.136 e. The predicted molar refractivity (Wildman–Crippen MR) is 627 cm³/mol. The third-order valence-electron chi connectivity index (χ3n) is 24.8. The highest BCUT2D eigenvalue weighted by Crippen LogP contribution is 2.55. The van der Waals surface area contributed by atoms with Crippen molar-refractivity contribution < 1.29 is 131 Å². The molecule has 0 radical (unpaired) electrons. The normalized spacial score (nSPS) is 20.1. The quantitative estimate of drug-likeness (QED) is 0.112. The fraction of sp³-hybridized carbons (Fsp3) is 0. The van der Waals surface area contributed by atoms with Crippen molar-refractivity contribution in [3.05, 3.63) is 520 Å². The minimum absolute atomic E-state index is 0.474. The molecular weight excluding hydrogens is 1780 g/mol. The second kappa shape index (κ2) is 33.7. The Morgan fingerprint density at radius 3 is 0.762 bits per heavy atom. The van der Waals surface area contributed by atoms with E-state index in [-0.39, 0.29) is 0 Å². The van der Waals surface area contributed by atoms with E-state index in [9.17, 15) is 48.0 Å². The van der Waals surface area contributed by atoms with Crippen molar-refractivity contribution in [1.29, 1.82) is 0 Å². The van der Waals surface area contributed by atoms with Crippen LogP contribution in [0.5, 0.6) is 0 Å². The van der Waals surface area contributed by atoms with E-state index in [0.717, 1.165) is 0 Å². The van der Waals surface area contributed by atoms with Gasteiger partial charge in [0, 0.05) is 32.3 Å². The van der Waals surface area contributed by atoms with Crippen LogP contribution in [0.25, 0.3) is 316 Å². The molecule has 3 aromatic heterocycles. The minimum Gasteiger partial charge on any atom is -0.456 e. The first-order valence-electron chi connectivity index (χ1n) is 86.7. The fourth-order valence-corrected chi connectivity index (χ4v) is 18.7. The highest BCUT2D eigenvalue weighted by atomic mass is 16.3. The van der Waals surface area contributed by atoms with E-state index in [2.05, 4.69) is 0 Å². The molecule has 0 bridgehead atoms. The van der Waals surface area contributed by atoms with Crippen molar-refractivity contribution in [2.45, 2.75) is 0 Å². The molecule has 32 rings (SSSR count). The summed E-state index contributed by atoms with van der Waals surface area (Å²) in [6.45, 7) is 0. The third-order valence-corrected chi connectivity index (χ3v) is 24.8. The van der Waals surface area contributed by atoms with Crippen LogP contribution in [0.1, 0.15) is 118 Å². The molecule has 0 amide bonds. The van der Waals surface area contributed by atoms with Gasteiger partial charge in [0.25, 0.3) is 0 Å². The van der Waals surface area contributed by atoms with E-state index in [1.54, 1.807) is 0 Å². The van der Waals surface area contributed by atoms with E-state index >= 15 is 0 Å². The van der Waals surface area contributed by atoms with Gasteiger partial charge in [-0.2, -0.15) is 0 Å². The van der Waals surface area contributed by atoms with Crippen molar-refractivity contribution in [3.8, 4) is 89.0 Å². The minimum atomic E-state index is -1.14. The van der Waals surface area contributed by atoms with Crippen molar-refractivity contribution in [3.63, 3.8) is 0 Å². The molecule has 3 nitrogen and oxygen atoms in total. The Bertz CT molecular complexity index is 16700. The van der Waals surface area contributed by atoms with Crippen LogP contribution in [0, 0.1) is 0 Å². The zero-order valence-corrected chi connectivity index (χ0v) is 73.2. The molecule has 3 heteroatoms. The second-order valence-electron chi connectivity index (χ2n) is 32.5. The summed E-state index contributed by atoms with van der Waals surface area (Å²) in [5, 5.41) is -22.7. The van der Waals surface area contributed by atoms with Crippen LogP contribution < -0.4 is 0 Å². The number of rotatable bonds is 8. The van der Waals surface area contributed by atoms with Gasteiger partial charge >= 0.3 is 0 Å². The Balaban J connectivity index is 0.000000143. The molecule has 32 aromatic rings. The van der Waals surface area contributed by atoms with Gasteiger partial charge in [-0.25, -0.2) is 0 Å². The summed E-state index contributed by atoms with van der Waals surface area (Å²) in [7, 11) is 0. The fourth-order valence-electron chi connectivity index (χ4n) is 18.7. The number of hydrogen-bond acceptors (Lipinski definition) is 3. The first-order valence-corrected chi connectivity index (χ1v) is 43.7. The zero-order chi connectivity index (χ0) is 171. The molecule has 0 saturated carbocycles.